The van der Waals surface area contributed by atoms with E-state index in [9.17, 15) is 4.39 Å². The fraction of sp³-hybridized carbons (Fsp3) is 0.538. The van der Waals surface area contributed by atoms with Crippen LogP contribution in [0.3, 0.4) is 0 Å². The maximum Gasteiger partial charge on any atom is 0.123 e. The van der Waals surface area contributed by atoms with Crippen LogP contribution >= 0.6 is 11.6 Å². The number of nitrogens with zero attached hydrogens (tertiary/aromatic N) is 1. The molecule has 5 rings (SSSR count). The number of likely N-dealkylation sites (tertiary alicyclic amines) is 1. The summed E-state index contributed by atoms with van der Waals surface area (Å²) < 4.78 is 13.4. The minimum Gasteiger partial charge on any atom is -0.370 e. The number of nitrogens with one attached hydrogen (secondary N) is 3. The van der Waals surface area contributed by atoms with Crippen LogP contribution in [0.15, 0.2) is 42.5 Å². The van der Waals surface area contributed by atoms with E-state index in [4.69, 9.17) is 22.4 Å². The van der Waals surface area contributed by atoms with Gasteiger partial charge in [-0.3, -0.25) is 5.41 Å². The third-order valence-corrected chi connectivity index (χ3v) is 8.62. The third-order valence-electron chi connectivity index (χ3n) is 8.29. The first-order valence-corrected chi connectivity index (χ1v) is 12.2. The molecule has 4 unspecified atom stereocenters. The molecule has 0 amide bonds. The highest BCUT2D eigenvalue weighted by Gasteiger charge is 2.54. The molecule has 170 valence electrons. The van der Waals surface area contributed by atoms with Gasteiger partial charge < -0.3 is 15.6 Å². The van der Waals surface area contributed by atoms with Crippen molar-refractivity contribution in [3.8, 4) is 0 Å². The van der Waals surface area contributed by atoms with Crippen LogP contribution in [-0.2, 0) is 0 Å². The summed E-state index contributed by atoms with van der Waals surface area (Å²) in [6, 6.07) is 3.98. The Hall–Kier alpha value is -1.98. The summed E-state index contributed by atoms with van der Waals surface area (Å²) in [5.41, 5.74) is 0.913. The van der Waals surface area contributed by atoms with Crippen LogP contribution in [0.2, 0.25) is 5.02 Å². The van der Waals surface area contributed by atoms with E-state index in [-0.39, 0.29) is 11.5 Å². The van der Waals surface area contributed by atoms with E-state index < -0.39 is 5.82 Å². The molecule has 1 spiro atoms. The molecule has 1 heterocycles. The van der Waals surface area contributed by atoms with E-state index >= 15 is 0 Å². The van der Waals surface area contributed by atoms with Gasteiger partial charge in [0.15, 0.2) is 0 Å². The second-order valence-corrected chi connectivity index (χ2v) is 10.7. The molecule has 3 fully saturated rings. The summed E-state index contributed by atoms with van der Waals surface area (Å²) in [5.74, 6) is 3.08. The predicted molar refractivity (Wildman–Crippen MR) is 128 cm³/mol. The highest BCUT2D eigenvalue weighted by molar-refractivity contribution is 6.34. The van der Waals surface area contributed by atoms with Crippen molar-refractivity contribution in [3.63, 3.8) is 0 Å². The number of piperidine rings is 1. The van der Waals surface area contributed by atoms with Gasteiger partial charge >= 0.3 is 0 Å². The normalized spacial score (nSPS) is 30.3. The first kappa shape index (κ1) is 21.8. The smallest absolute Gasteiger partial charge is 0.123 e. The van der Waals surface area contributed by atoms with E-state index in [0.29, 0.717) is 21.9 Å². The van der Waals surface area contributed by atoms with Gasteiger partial charge in [0.05, 0.1) is 10.7 Å². The van der Waals surface area contributed by atoms with Crippen LogP contribution in [0.4, 0.5) is 4.39 Å². The molecule has 4 atom stereocenters. The van der Waals surface area contributed by atoms with E-state index in [1.54, 1.807) is 6.08 Å². The molecular formula is C26H32ClFN4. The lowest BCUT2D eigenvalue weighted by molar-refractivity contribution is 0.136. The van der Waals surface area contributed by atoms with Gasteiger partial charge in [-0.15, -0.1) is 0 Å². The van der Waals surface area contributed by atoms with E-state index in [2.05, 4.69) is 22.4 Å². The molecule has 6 heteroatoms. The maximum absolute atomic E-state index is 13.4. The van der Waals surface area contributed by atoms with Crippen LogP contribution in [0.25, 0.3) is 0 Å². The minimum atomic E-state index is -0.423. The lowest BCUT2D eigenvalue weighted by Gasteiger charge is -2.35. The number of hydrogen-bond acceptors (Lipinski definition) is 3. The molecule has 0 radical (unpaired) electrons. The number of allylic oxidation sites excluding steroid dienone is 3. The Morgan fingerprint density at radius 1 is 1.19 bits per heavy atom. The summed E-state index contributed by atoms with van der Waals surface area (Å²) in [6.45, 7) is 4.53. The molecular weight excluding hydrogens is 423 g/mol. The summed E-state index contributed by atoms with van der Waals surface area (Å²) in [5, 5.41) is 19.8. The topological polar surface area (TPSA) is 63.0 Å². The molecule has 2 saturated carbocycles. The Labute approximate surface area is 194 Å². The third kappa shape index (κ3) is 4.55. The number of rotatable bonds is 7. The lowest BCUT2D eigenvalue weighted by atomic mass is 9.88. The number of benzene rings is 1. The molecule has 3 aliphatic carbocycles. The monoisotopic (exact) mass is 454 g/mol. The fourth-order valence-electron chi connectivity index (χ4n) is 6.20. The Balaban J connectivity index is 1.04. The van der Waals surface area contributed by atoms with E-state index in [0.717, 1.165) is 24.3 Å². The minimum absolute atomic E-state index is 0.0993. The second kappa shape index (κ2) is 8.75. The molecule has 32 heavy (non-hydrogen) atoms. The van der Waals surface area contributed by atoms with Gasteiger partial charge in [-0.2, -0.15) is 0 Å². The van der Waals surface area contributed by atoms with Crippen LogP contribution in [0, 0.1) is 45.7 Å². The van der Waals surface area contributed by atoms with Gasteiger partial charge in [0.25, 0.3) is 0 Å². The van der Waals surface area contributed by atoms with Crippen molar-refractivity contribution in [2.45, 2.75) is 32.1 Å². The van der Waals surface area contributed by atoms with Crippen molar-refractivity contribution in [2.75, 3.05) is 26.2 Å². The Kier molecular flexibility index (Phi) is 5.98. The molecule has 2 bridgehead atoms. The van der Waals surface area contributed by atoms with Gasteiger partial charge in [-0.1, -0.05) is 23.8 Å². The fourth-order valence-corrected chi connectivity index (χ4v) is 6.42. The van der Waals surface area contributed by atoms with Crippen LogP contribution < -0.4 is 5.32 Å². The SMILES string of the molecule is N=C(/C=C\C(=N)c1cc(F)ccc1Cl)NCC1CC12CCN(CC1CC3C=CC1C3)CC2. The Morgan fingerprint density at radius 2 is 2.00 bits per heavy atom. The van der Waals surface area contributed by atoms with Crippen molar-refractivity contribution in [1.82, 2.24) is 10.2 Å². The molecule has 1 aromatic carbocycles. The van der Waals surface area contributed by atoms with Crippen molar-refractivity contribution in [3.05, 3.63) is 58.9 Å². The van der Waals surface area contributed by atoms with Crippen molar-refractivity contribution in [1.29, 1.82) is 10.8 Å². The largest absolute Gasteiger partial charge is 0.370 e. The highest BCUT2D eigenvalue weighted by atomic mass is 35.5. The average Bonchev–Trinajstić information content (AvgIpc) is 3.09. The molecule has 1 saturated heterocycles. The van der Waals surface area contributed by atoms with Gasteiger partial charge in [0.1, 0.15) is 11.7 Å². The van der Waals surface area contributed by atoms with Crippen LogP contribution in [0.1, 0.15) is 37.7 Å². The van der Waals surface area contributed by atoms with Gasteiger partial charge in [0, 0.05) is 18.7 Å². The first-order valence-electron chi connectivity index (χ1n) is 11.9. The second-order valence-electron chi connectivity index (χ2n) is 10.3. The zero-order valence-corrected chi connectivity index (χ0v) is 19.2. The molecule has 3 N–H and O–H groups in total. The number of fused-ring (bicyclic) bond motifs is 2. The summed E-state index contributed by atoms with van der Waals surface area (Å²) in [6.07, 6.45) is 14.6. The Morgan fingerprint density at radius 3 is 2.72 bits per heavy atom. The molecule has 4 nitrogen and oxygen atoms in total. The highest BCUT2D eigenvalue weighted by Crippen LogP contribution is 2.59. The average molecular weight is 455 g/mol. The van der Waals surface area contributed by atoms with Crippen molar-refractivity contribution < 1.29 is 4.39 Å². The van der Waals surface area contributed by atoms with Crippen LogP contribution in [-0.4, -0.2) is 42.6 Å². The predicted octanol–water partition coefficient (Wildman–Crippen LogP) is 5.28. The van der Waals surface area contributed by atoms with E-state index in [1.165, 1.54) is 76.0 Å². The summed E-state index contributed by atoms with van der Waals surface area (Å²) in [4.78, 5) is 2.70. The standard InChI is InChI=1S/C26H32ClFN4/c27-23-4-3-21(28)13-22(23)24(29)5-6-25(30)31-15-20-14-26(20)7-9-32(10-8-26)16-19-12-17-1-2-18(19)11-17/h1-6,13,17-20,29H,7-12,14-16H2,(H2,30,31)/b6-5-,29-24?. The lowest BCUT2D eigenvalue weighted by Crippen LogP contribution is -2.39. The summed E-state index contributed by atoms with van der Waals surface area (Å²) >= 11 is 6.06. The van der Waals surface area contributed by atoms with Crippen molar-refractivity contribution in [2.24, 2.45) is 29.1 Å². The van der Waals surface area contributed by atoms with E-state index in [1.807, 2.05) is 0 Å². The molecule has 1 aliphatic heterocycles. The number of amidine groups is 1. The zero-order valence-electron chi connectivity index (χ0n) is 18.4. The van der Waals surface area contributed by atoms with Gasteiger partial charge in [-0.05, 0) is 105 Å². The first-order chi connectivity index (χ1) is 15.4. The van der Waals surface area contributed by atoms with Gasteiger partial charge in [-0.25, -0.2) is 4.39 Å². The summed E-state index contributed by atoms with van der Waals surface area (Å²) in [7, 11) is 0. The molecule has 1 aromatic rings. The van der Waals surface area contributed by atoms with Gasteiger partial charge in [0.2, 0.25) is 0 Å². The Bertz CT molecular complexity index is 963. The zero-order chi connectivity index (χ0) is 22.3. The molecule has 4 aliphatic rings. The molecule has 0 aromatic heterocycles. The van der Waals surface area contributed by atoms with Crippen LogP contribution in [0.5, 0.6) is 0 Å². The number of halogens is 2. The maximum atomic E-state index is 13.4. The van der Waals surface area contributed by atoms with Crippen molar-refractivity contribution >= 4 is 23.1 Å². The quantitative estimate of drug-likeness (QED) is 0.298. The number of hydrogen-bond donors (Lipinski definition) is 3.